The molecule has 4 heteroatoms. The van der Waals surface area contributed by atoms with E-state index in [2.05, 4.69) is 45.7 Å². The second kappa shape index (κ2) is 5.55. The van der Waals surface area contributed by atoms with E-state index in [0.29, 0.717) is 0 Å². The van der Waals surface area contributed by atoms with Crippen LogP contribution in [-0.2, 0) is 6.42 Å². The fourth-order valence-corrected chi connectivity index (χ4v) is 3.25. The van der Waals surface area contributed by atoms with Gasteiger partial charge in [0.2, 0.25) is 0 Å². The van der Waals surface area contributed by atoms with E-state index in [9.17, 15) is 0 Å². The van der Waals surface area contributed by atoms with Crippen molar-refractivity contribution in [1.29, 1.82) is 0 Å². The molecule has 2 nitrogen and oxygen atoms in total. The van der Waals surface area contributed by atoms with Crippen LogP contribution in [0.4, 0.5) is 11.4 Å². The Balaban J connectivity index is 2.54. The van der Waals surface area contributed by atoms with Crippen LogP contribution in [0.25, 0.3) is 0 Å². The molecule has 0 amide bonds. The third-order valence-corrected chi connectivity index (χ3v) is 5.24. The third-order valence-electron chi connectivity index (χ3n) is 3.37. The minimum Gasteiger partial charge on any atom is -0.398 e. The monoisotopic (exact) mass is 382 g/mol. The summed E-state index contributed by atoms with van der Waals surface area (Å²) in [5.41, 5.74) is 18.3. The average molecular weight is 384 g/mol. The molecule has 4 N–H and O–H groups in total. The van der Waals surface area contributed by atoms with Crippen LogP contribution in [-0.4, -0.2) is 0 Å². The van der Waals surface area contributed by atoms with Gasteiger partial charge >= 0.3 is 0 Å². The first kappa shape index (κ1) is 14.4. The highest BCUT2D eigenvalue weighted by atomic mass is 79.9. The lowest BCUT2D eigenvalue weighted by Crippen LogP contribution is -2.01. The van der Waals surface area contributed by atoms with Gasteiger partial charge < -0.3 is 11.5 Å². The Morgan fingerprint density at radius 1 is 0.789 bits per heavy atom. The van der Waals surface area contributed by atoms with Crippen LogP contribution in [0.2, 0.25) is 0 Å². The maximum absolute atomic E-state index is 5.97. The molecule has 2 aromatic carbocycles. The lowest BCUT2D eigenvalue weighted by Gasteiger charge is -2.15. The van der Waals surface area contributed by atoms with Gasteiger partial charge in [-0.15, -0.1) is 0 Å². The molecule has 0 aliphatic carbocycles. The van der Waals surface area contributed by atoms with Crippen LogP contribution in [0, 0.1) is 13.8 Å². The van der Waals surface area contributed by atoms with Crippen molar-refractivity contribution in [2.24, 2.45) is 0 Å². The molecule has 100 valence electrons. The Kier molecular flexibility index (Phi) is 4.21. The summed E-state index contributed by atoms with van der Waals surface area (Å²) in [6, 6.07) is 7.93. The van der Waals surface area contributed by atoms with Crippen LogP contribution < -0.4 is 11.5 Å². The summed E-state index contributed by atoms with van der Waals surface area (Å²) in [4.78, 5) is 0. The first-order chi connectivity index (χ1) is 8.91. The molecule has 0 spiro atoms. The van der Waals surface area contributed by atoms with E-state index < -0.39 is 0 Å². The Morgan fingerprint density at radius 3 is 1.53 bits per heavy atom. The molecule has 2 aromatic rings. The highest BCUT2D eigenvalue weighted by Crippen LogP contribution is 2.34. The van der Waals surface area contributed by atoms with Gasteiger partial charge in [-0.05, 0) is 80.1 Å². The van der Waals surface area contributed by atoms with Gasteiger partial charge in [0.1, 0.15) is 0 Å². The lowest BCUT2D eigenvalue weighted by atomic mass is 9.96. The Labute approximate surface area is 130 Å². The van der Waals surface area contributed by atoms with E-state index in [1.165, 1.54) is 22.3 Å². The summed E-state index contributed by atoms with van der Waals surface area (Å²) in [6.45, 7) is 4.18. The number of aryl methyl sites for hydroxylation is 2. The molecule has 0 unspecified atom stereocenters. The minimum absolute atomic E-state index is 0.762. The SMILES string of the molecule is Cc1ccc(N)c(Br)c1Cc1c(C)ccc(N)c1Br. The van der Waals surface area contributed by atoms with Crippen LogP contribution in [0.5, 0.6) is 0 Å². The van der Waals surface area contributed by atoms with Gasteiger partial charge in [0.25, 0.3) is 0 Å². The largest absolute Gasteiger partial charge is 0.398 e. The van der Waals surface area contributed by atoms with Crippen molar-refractivity contribution < 1.29 is 0 Å². The Morgan fingerprint density at radius 2 is 1.16 bits per heavy atom. The van der Waals surface area contributed by atoms with Crippen LogP contribution >= 0.6 is 31.9 Å². The number of nitrogen functional groups attached to an aromatic ring is 2. The van der Waals surface area contributed by atoms with Crippen molar-refractivity contribution in [2.75, 3.05) is 11.5 Å². The van der Waals surface area contributed by atoms with Gasteiger partial charge in [-0.1, -0.05) is 12.1 Å². The van der Waals surface area contributed by atoms with E-state index in [1.54, 1.807) is 0 Å². The molecule has 0 heterocycles. The number of hydrogen-bond donors (Lipinski definition) is 2. The van der Waals surface area contributed by atoms with E-state index in [-0.39, 0.29) is 0 Å². The zero-order valence-corrected chi connectivity index (χ0v) is 14.1. The Hall–Kier alpha value is -1.00. The number of hydrogen-bond acceptors (Lipinski definition) is 2. The van der Waals surface area contributed by atoms with Crippen molar-refractivity contribution in [3.63, 3.8) is 0 Å². The molecule has 0 aromatic heterocycles. The zero-order valence-electron chi connectivity index (χ0n) is 10.9. The second-order valence-corrected chi connectivity index (χ2v) is 6.29. The normalized spacial score (nSPS) is 10.7. The molecule has 0 aliphatic heterocycles. The summed E-state index contributed by atoms with van der Waals surface area (Å²) >= 11 is 7.17. The number of rotatable bonds is 2. The maximum atomic E-state index is 5.97. The molecule has 0 saturated heterocycles. The topological polar surface area (TPSA) is 52.0 Å². The predicted molar refractivity (Wildman–Crippen MR) is 89.4 cm³/mol. The van der Waals surface area contributed by atoms with Crippen molar-refractivity contribution in [3.8, 4) is 0 Å². The number of nitrogens with two attached hydrogens (primary N) is 2. The standard InChI is InChI=1S/C15H16Br2N2/c1-8-3-5-12(18)14(16)10(8)7-11-9(2)4-6-13(19)15(11)17/h3-6H,7,18-19H2,1-2H3. The summed E-state index contributed by atoms with van der Waals surface area (Å²) in [5.74, 6) is 0. The molecular weight excluding hydrogens is 368 g/mol. The molecule has 2 rings (SSSR count). The quantitative estimate of drug-likeness (QED) is 0.745. The number of benzene rings is 2. The average Bonchev–Trinajstić information content (AvgIpc) is 2.38. The highest BCUT2D eigenvalue weighted by Gasteiger charge is 2.13. The van der Waals surface area contributed by atoms with Gasteiger partial charge in [-0.3, -0.25) is 0 Å². The summed E-state index contributed by atoms with van der Waals surface area (Å²) in [6.07, 6.45) is 0.801. The van der Waals surface area contributed by atoms with Crippen molar-refractivity contribution in [3.05, 3.63) is 55.5 Å². The van der Waals surface area contributed by atoms with E-state index >= 15 is 0 Å². The van der Waals surface area contributed by atoms with E-state index in [1.807, 2.05) is 24.3 Å². The fourth-order valence-electron chi connectivity index (χ4n) is 2.08. The zero-order chi connectivity index (χ0) is 14.2. The van der Waals surface area contributed by atoms with Crippen molar-refractivity contribution in [2.45, 2.75) is 20.3 Å². The van der Waals surface area contributed by atoms with Crippen molar-refractivity contribution >= 4 is 43.2 Å². The Bertz CT molecular complexity index is 581. The van der Waals surface area contributed by atoms with Crippen LogP contribution in [0.15, 0.2) is 33.2 Å². The first-order valence-corrected chi connectivity index (χ1v) is 7.57. The summed E-state index contributed by atoms with van der Waals surface area (Å²) in [5, 5.41) is 0. The van der Waals surface area contributed by atoms with Crippen LogP contribution in [0.3, 0.4) is 0 Å². The molecule has 0 bridgehead atoms. The van der Waals surface area contributed by atoms with Crippen molar-refractivity contribution in [1.82, 2.24) is 0 Å². The second-order valence-electron chi connectivity index (χ2n) is 4.71. The van der Waals surface area contributed by atoms with Gasteiger partial charge in [-0.2, -0.15) is 0 Å². The minimum atomic E-state index is 0.762. The molecule has 0 fully saturated rings. The van der Waals surface area contributed by atoms with Gasteiger partial charge in [0.15, 0.2) is 0 Å². The first-order valence-electron chi connectivity index (χ1n) is 5.98. The van der Waals surface area contributed by atoms with E-state index in [4.69, 9.17) is 11.5 Å². The predicted octanol–water partition coefficient (Wildman–Crippen LogP) is 4.58. The van der Waals surface area contributed by atoms with Crippen LogP contribution in [0.1, 0.15) is 22.3 Å². The molecule has 0 aliphatic rings. The van der Waals surface area contributed by atoms with Gasteiger partial charge in [0, 0.05) is 26.7 Å². The number of anilines is 2. The summed E-state index contributed by atoms with van der Waals surface area (Å²) < 4.78 is 1.95. The molecule has 0 atom stereocenters. The smallest absolute Gasteiger partial charge is 0.0461 e. The highest BCUT2D eigenvalue weighted by molar-refractivity contribution is 9.11. The fraction of sp³-hybridized carbons (Fsp3) is 0.200. The number of halogens is 2. The lowest BCUT2D eigenvalue weighted by molar-refractivity contribution is 1.11. The molecule has 19 heavy (non-hydrogen) atoms. The third kappa shape index (κ3) is 2.79. The van der Waals surface area contributed by atoms with Gasteiger partial charge in [0.05, 0.1) is 0 Å². The maximum Gasteiger partial charge on any atom is 0.0461 e. The summed E-state index contributed by atoms with van der Waals surface area (Å²) in [7, 11) is 0. The molecule has 0 radical (unpaired) electrons. The van der Waals surface area contributed by atoms with E-state index in [0.717, 1.165) is 26.7 Å². The molecular formula is C15H16Br2N2. The molecule has 0 saturated carbocycles. The van der Waals surface area contributed by atoms with Gasteiger partial charge in [-0.25, -0.2) is 0 Å².